The molecule has 122 valence electrons. The van der Waals surface area contributed by atoms with Crippen LogP contribution in [0.15, 0.2) is 18.2 Å². The standard InChI is InChI=1S/C17H26FN3S/c1-13-6-10-21(11-7-13)9-3-8-19-17(22)20-15-5-4-14(2)16(18)12-15/h4-5,12-13H,3,6-11H2,1-2H3,(H2,19,20,22). The van der Waals surface area contributed by atoms with E-state index in [1.807, 2.05) is 6.07 Å². The number of thiocarbonyl (C=S) groups is 1. The molecule has 1 aliphatic heterocycles. The molecule has 3 nitrogen and oxygen atoms in total. The quantitative estimate of drug-likeness (QED) is 0.640. The summed E-state index contributed by atoms with van der Waals surface area (Å²) in [5, 5.41) is 6.76. The van der Waals surface area contributed by atoms with Crippen molar-refractivity contribution >= 4 is 23.0 Å². The van der Waals surface area contributed by atoms with E-state index in [4.69, 9.17) is 12.2 Å². The predicted molar refractivity (Wildman–Crippen MR) is 94.8 cm³/mol. The summed E-state index contributed by atoms with van der Waals surface area (Å²) in [5.41, 5.74) is 1.32. The molecular weight excluding hydrogens is 297 g/mol. The van der Waals surface area contributed by atoms with E-state index in [0.717, 1.165) is 25.4 Å². The predicted octanol–water partition coefficient (Wildman–Crippen LogP) is 3.54. The Bertz CT molecular complexity index is 499. The highest BCUT2D eigenvalue weighted by atomic mass is 32.1. The lowest BCUT2D eigenvalue weighted by atomic mass is 9.99. The van der Waals surface area contributed by atoms with Crippen LogP contribution in [-0.2, 0) is 0 Å². The van der Waals surface area contributed by atoms with Crippen molar-refractivity contribution in [3.63, 3.8) is 0 Å². The Hall–Kier alpha value is -1.20. The molecule has 2 rings (SSSR count). The minimum atomic E-state index is -0.216. The molecule has 0 unspecified atom stereocenters. The fraction of sp³-hybridized carbons (Fsp3) is 0.588. The van der Waals surface area contributed by atoms with E-state index in [9.17, 15) is 4.39 Å². The van der Waals surface area contributed by atoms with Gasteiger partial charge in [-0.05, 0) is 81.7 Å². The van der Waals surface area contributed by atoms with E-state index < -0.39 is 0 Å². The van der Waals surface area contributed by atoms with Gasteiger partial charge in [-0.2, -0.15) is 0 Å². The second-order valence-electron chi connectivity index (χ2n) is 6.22. The van der Waals surface area contributed by atoms with Gasteiger partial charge in [0.05, 0.1) is 0 Å². The zero-order valence-corrected chi connectivity index (χ0v) is 14.3. The summed E-state index contributed by atoms with van der Waals surface area (Å²) in [6, 6.07) is 5.05. The van der Waals surface area contributed by atoms with Gasteiger partial charge in [-0.15, -0.1) is 0 Å². The van der Waals surface area contributed by atoms with Crippen molar-refractivity contribution in [2.75, 3.05) is 31.5 Å². The van der Waals surface area contributed by atoms with Crippen LogP contribution in [0.5, 0.6) is 0 Å². The summed E-state index contributed by atoms with van der Waals surface area (Å²) in [7, 11) is 0. The molecule has 0 bridgehead atoms. The van der Waals surface area contributed by atoms with Gasteiger partial charge in [0.2, 0.25) is 0 Å². The zero-order valence-electron chi connectivity index (χ0n) is 13.5. The minimum Gasteiger partial charge on any atom is -0.362 e. The molecule has 0 aromatic heterocycles. The molecule has 0 radical (unpaired) electrons. The van der Waals surface area contributed by atoms with Crippen LogP contribution in [-0.4, -0.2) is 36.2 Å². The number of nitrogens with zero attached hydrogens (tertiary/aromatic N) is 1. The molecule has 1 fully saturated rings. The summed E-state index contributed by atoms with van der Waals surface area (Å²) in [6.45, 7) is 8.46. The molecule has 0 saturated carbocycles. The Labute approximate surface area is 138 Å². The van der Waals surface area contributed by atoms with Crippen molar-refractivity contribution < 1.29 is 4.39 Å². The molecule has 0 amide bonds. The number of likely N-dealkylation sites (tertiary alicyclic amines) is 1. The lowest BCUT2D eigenvalue weighted by molar-refractivity contribution is 0.191. The van der Waals surface area contributed by atoms with Crippen molar-refractivity contribution in [3.05, 3.63) is 29.6 Å². The monoisotopic (exact) mass is 323 g/mol. The van der Waals surface area contributed by atoms with Crippen molar-refractivity contribution in [2.24, 2.45) is 5.92 Å². The number of nitrogens with one attached hydrogen (secondary N) is 2. The first-order valence-corrected chi connectivity index (χ1v) is 8.49. The largest absolute Gasteiger partial charge is 0.362 e. The molecule has 2 N–H and O–H groups in total. The Morgan fingerprint density at radius 2 is 2.09 bits per heavy atom. The lowest BCUT2D eigenvalue weighted by Gasteiger charge is -2.30. The molecule has 1 saturated heterocycles. The van der Waals surface area contributed by atoms with Gasteiger partial charge in [0.15, 0.2) is 5.11 Å². The SMILES string of the molecule is Cc1ccc(NC(=S)NCCCN2CCC(C)CC2)cc1F. The number of halogens is 1. The zero-order chi connectivity index (χ0) is 15.9. The average Bonchev–Trinajstić information content (AvgIpc) is 2.49. The van der Waals surface area contributed by atoms with E-state index in [1.165, 1.54) is 32.0 Å². The normalized spacial score (nSPS) is 16.5. The maximum absolute atomic E-state index is 13.5. The molecule has 1 aromatic rings. The second kappa shape index (κ2) is 8.44. The molecule has 0 atom stereocenters. The van der Waals surface area contributed by atoms with Crippen molar-refractivity contribution in [3.8, 4) is 0 Å². The third-order valence-electron chi connectivity index (χ3n) is 4.24. The molecule has 22 heavy (non-hydrogen) atoms. The van der Waals surface area contributed by atoms with E-state index in [2.05, 4.69) is 22.5 Å². The first-order chi connectivity index (χ1) is 10.5. The van der Waals surface area contributed by atoms with Gasteiger partial charge in [-0.3, -0.25) is 0 Å². The first kappa shape index (κ1) is 17.2. The Morgan fingerprint density at radius 3 is 2.77 bits per heavy atom. The summed E-state index contributed by atoms with van der Waals surface area (Å²) in [6.07, 6.45) is 3.69. The molecule has 0 spiro atoms. The van der Waals surface area contributed by atoms with Gasteiger partial charge < -0.3 is 15.5 Å². The number of benzene rings is 1. The summed E-state index contributed by atoms with van der Waals surface area (Å²) in [5.74, 6) is 0.660. The molecular formula is C17H26FN3S. The van der Waals surface area contributed by atoms with Crippen LogP contribution in [0, 0.1) is 18.7 Å². The van der Waals surface area contributed by atoms with Crippen molar-refractivity contribution in [2.45, 2.75) is 33.1 Å². The van der Waals surface area contributed by atoms with Gasteiger partial charge in [0, 0.05) is 12.2 Å². The van der Waals surface area contributed by atoms with Gasteiger partial charge in [-0.1, -0.05) is 13.0 Å². The van der Waals surface area contributed by atoms with E-state index >= 15 is 0 Å². The van der Waals surface area contributed by atoms with Crippen LogP contribution < -0.4 is 10.6 Å². The van der Waals surface area contributed by atoms with Gasteiger partial charge in [-0.25, -0.2) is 4.39 Å². The fourth-order valence-electron chi connectivity index (χ4n) is 2.64. The maximum Gasteiger partial charge on any atom is 0.170 e. The Balaban J connectivity index is 1.62. The van der Waals surface area contributed by atoms with Gasteiger partial charge >= 0.3 is 0 Å². The number of aryl methyl sites for hydroxylation is 1. The lowest BCUT2D eigenvalue weighted by Crippen LogP contribution is -2.36. The minimum absolute atomic E-state index is 0.216. The number of piperidine rings is 1. The van der Waals surface area contributed by atoms with Crippen LogP contribution in [0.4, 0.5) is 10.1 Å². The number of rotatable bonds is 5. The van der Waals surface area contributed by atoms with E-state index in [0.29, 0.717) is 16.4 Å². The maximum atomic E-state index is 13.5. The van der Waals surface area contributed by atoms with E-state index in [-0.39, 0.29) is 5.82 Å². The van der Waals surface area contributed by atoms with Crippen LogP contribution in [0.3, 0.4) is 0 Å². The van der Waals surface area contributed by atoms with Crippen LogP contribution in [0.2, 0.25) is 0 Å². The number of hydrogen-bond donors (Lipinski definition) is 2. The topological polar surface area (TPSA) is 27.3 Å². The highest BCUT2D eigenvalue weighted by molar-refractivity contribution is 7.80. The molecule has 1 heterocycles. The first-order valence-electron chi connectivity index (χ1n) is 8.08. The summed E-state index contributed by atoms with van der Waals surface area (Å²) < 4.78 is 13.5. The van der Waals surface area contributed by atoms with E-state index in [1.54, 1.807) is 13.0 Å². The third kappa shape index (κ3) is 5.54. The number of anilines is 1. The third-order valence-corrected chi connectivity index (χ3v) is 4.49. The highest BCUT2D eigenvalue weighted by Gasteiger charge is 2.14. The molecule has 1 aromatic carbocycles. The van der Waals surface area contributed by atoms with Crippen LogP contribution in [0.25, 0.3) is 0 Å². The van der Waals surface area contributed by atoms with Gasteiger partial charge in [0.25, 0.3) is 0 Å². The smallest absolute Gasteiger partial charge is 0.170 e. The Morgan fingerprint density at radius 1 is 1.36 bits per heavy atom. The number of hydrogen-bond acceptors (Lipinski definition) is 2. The van der Waals surface area contributed by atoms with Crippen molar-refractivity contribution in [1.82, 2.24) is 10.2 Å². The fourth-order valence-corrected chi connectivity index (χ4v) is 2.86. The molecule has 0 aliphatic carbocycles. The summed E-state index contributed by atoms with van der Waals surface area (Å²) >= 11 is 5.24. The highest BCUT2D eigenvalue weighted by Crippen LogP contribution is 2.16. The molecule has 1 aliphatic rings. The second-order valence-corrected chi connectivity index (χ2v) is 6.63. The van der Waals surface area contributed by atoms with Crippen molar-refractivity contribution in [1.29, 1.82) is 0 Å². The average molecular weight is 323 g/mol. The van der Waals surface area contributed by atoms with Crippen LogP contribution >= 0.6 is 12.2 Å². The summed E-state index contributed by atoms with van der Waals surface area (Å²) in [4.78, 5) is 2.52. The van der Waals surface area contributed by atoms with Gasteiger partial charge in [0.1, 0.15) is 5.82 Å². The van der Waals surface area contributed by atoms with Crippen LogP contribution in [0.1, 0.15) is 31.7 Å². The molecule has 5 heteroatoms. The Kier molecular flexibility index (Phi) is 6.58.